The molecule has 0 saturated carbocycles. The average molecular weight is 292 g/mol. The second-order valence-electron chi connectivity index (χ2n) is 5.04. The van der Waals surface area contributed by atoms with Crippen molar-refractivity contribution >= 4 is 11.6 Å². The highest BCUT2D eigenvalue weighted by Gasteiger charge is 2.18. The molecule has 20 heavy (non-hydrogen) atoms. The van der Waals surface area contributed by atoms with Gasteiger partial charge in [-0.3, -0.25) is 0 Å². The summed E-state index contributed by atoms with van der Waals surface area (Å²) >= 11 is 5.70. The fraction of sp³-hybridized carbons (Fsp3) is 0.294. The Morgan fingerprint density at radius 1 is 1.15 bits per heavy atom. The first kappa shape index (κ1) is 15.0. The summed E-state index contributed by atoms with van der Waals surface area (Å²) in [5, 5.41) is 0.150. The van der Waals surface area contributed by atoms with Crippen LogP contribution in [0.25, 0.3) is 0 Å². The lowest BCUT2D eigenvalue weighted by Gasteiger charge is -2.23. The van der Waals surface area contributed by atoms with Gasteiger partial charge in [-0.05, 0) is 42.0 Å². The largest absolute Gasteiger partial charge is 0.327 e. The Morgan fingerprint density at radius 2 is 1.85 bits per heavy atom. The van der Waals surface area contributed by atoms with Gasteiger partial charge in [0.25, 0.3) is 0 Å². The van der Waals surface area contributed by atoms with E-state index < -0.39 is 0 Å². The Labute approximate surface area is 124 Å². The van der Waals surface area contributed by atoms with E-state index in [2.05, 4.69) is 19.1 Å². The van der Waals surface area contributed by atoms with Crippen molar-refractivity contribution in [2.45, 2.75) is 31.7 Å². The lowest BCUT2D eigenvalue weighted by molar-refractivity contribution is 0.513. The lowest BCUT2D eigenvalue weighted by Crippen LogP contribution is -2.30. The molecule has 3 heteroatoms. The van der Waals surface area contributed by atoms with Gasteiger partial charge in [0.05, 0.1) is 5.02 Å². The van der Waals surface area contributed by atoms with Gasteiger partial charge in [0.2, 0.25) is 0 Å². The Bertz CT molecular complexity index is 556. The van der Waals surface area contributed by atoms with E-state index in [1.54, 1.807) is 6.07 Å². The molecular weight excluding hydrogens is 273 g/mol. The SMILES string of the molecule is CCC(c1ccccc1)C(N)Cc1ccc(Cl)c(F)c1. The van der Waals surface area contributed by atoms with E-state index in [0.717, 1.165) is 12.0 Å². The second-order valence-corrected chi connectivity index (χ2v) is 5.45. The molecule has 2 aromatic rings. The van der Waals surface area contributed by atoms with E-state index in [4.69, 9.17) is 17.3 Å². The van der Waals surface area contributed by atoms with Crippen LogP contribution in [0.1, 0.15) is 30.4 Å². The molecule has 0 bridgehead atoms. The molecule has 0 radical (unpaired) electrons. The van der Waals surface area contributed by atoms with E-state index in [-0.39, 0.29) is 22.8 Å². The number of hydrogen-bond donors (Lipinski definition) is 1. The van der Waals surface area contributed by atoms with Crippen LogP contribution in [-0.2, 0) is 6.42 Å². The molecule has 0 amide bonds. The zero-order valence-electron chi connectivity index (χ0n) is 11.5. The molecule has 106 valence electrons. The van der Waals surface area contributed by atoms with Crippen LogP contribution in [0.2, 0.25) is 5.02 Å². The Hall–Kier alpha value is -1.38. The third kappa shape index (κ3) is 3.59. The fourth-order valence-electron chi connectivity index (χ4n) is 2.57. The molecule has 1 nitrogen and oxygen atoms in total. The first-order valence-electron chi connectivity index (χ1n) is 6.86. The van der Waals surface area contributed by atoms with Crippen LogP contribution in [0.3, 0.4) is 0 Å². The fourth-order valence-corrected chi connectivity index (χ4v) is 2.68. The van der Waals surface area contributed by atoms with Crippen molar-refractivity contribution in [2.75, 3.05) is 0 Å². The van der Waals surface area contributed by atoms with Gasteiger partial charge in [0.15, 0.2) is 0 Å². The number of nitrogens with two attached hydrogens (primary N) is 1. The van der Waals surface area contributed by atoms with E-state index in [1.807, 2.05) is 24.3 Å². The Kier molecular flexibility index (Phi) is 5.16. The van der Waals surface area contributed by atoms with Gasteiger partial charge in [-0.2, -0.15) is 0 Å². The van der Waals surface area contributed by atoms with Crippen molar-refractivity contribution in [1.82, 2.24) is 0 Å². The summed E-state index contributed by atoms with van der Waals surface area (Å²) in [6, 6.07) is 15.1. The van der Waals surface area contributed by atoms with Crippen molar-refractivity contribution in [3.05, 3.63) is 70.5 Å². The molecular formula is C17H19ClFN. The maximum absolute atomic E-state index is 13.5. The third-order valence-corrected chi connectivity index (χ3v) is 3.95. The van der Waals surface area contributed by atoms with Crippen LogP contribution in [0.4, 0.5) is 4.39 Å². The highest BCUT2D eigenvalue weighted by Crippen LogP contribution is 2.25. The number of benzene rings is 2. The van der Waals surface area contributed by atoms with Crippen molar-refractivity contribution in [3.63, 3.8) is 0 Å². The van der Waals surface area contributed by atoms with E-state index in [1.165, 1.54) is 11.6 Å². The molecule has 2 unspecified atom stereocenters. The molecule has 0 aliphatic rings. The predicted molar refractivity (Wildman–Crippen MR) is 82.6 cm³/mol. The number of rotatable bonds is 5. The van der Waals surface area contributed by atoms with Gasteiger partial charge >= 0.3 is 0 Å². The maximum atomic E-state index is 13.5. The molecule has 2 aromatic carbocycles. The molecule has 0 fully saturated rings. The molecule has 0 aromatic heterocycles. The summed E-state index contributed by atoms with van der Waals surface area (Å²) in [5.41, 5.74) is 8.44. The predicted octanol–water partition coefficient (Wildman–Crippen LogP) is 4.54. The van der Waals surface area contributed by atoms with Crippen LogP contribution in [0.15, 0.2) is 48.5 Å². The van der Waals surface area contributed by atoms with Crippen LogP contribution >= 0.6 is 11.6 Å². The summed E-state index contributed by atoms with van der Waals surface area (Å²) in [6.45, 7) is 2.12. The standard InChI is InChI=1S/C17H19ClFN/c1-2-14(13-6-4-3-5-7-13)17(20)11-12-8-9-15(18)16(19)10-12/h3-10,14,17H,2,11,20H2,1H3. The number of halogens is 2. The van der Waals surface area contributed by atoms with Gasteiger partial charge in [0, 0.05) is 6.04 Å². The number of hydrogen-bond acceptors (Lipinski definition) is 1. The lowest BCUT2D eigenvalue weighted by atomic mass is 9.86. The van der Waals surface area contributed by atoms with Gasteiger partial charge in [-0.25, -0.2) is 4.39 Å². The summed E-state index contributed by atoms with van der Waals surface area (Å²) in [7, 11) is 0. The van der Waals surface area contributed by atoms with Crippen LogP contribution < -0.4 is 5.73 Å². The average Bonchev–Trinajstić information content (AvgIpc) is 2.45. The molecule has 0 heterocycles. The minimum absolute atomic E-state index is 0.0389. The summed E-state index contributed by atoms with van der Waals surface area (Å²) in [4.78, 5) is 0. The van der Waals surface area contributed by atoms with E-state index in [9.17, 15) is 4.39 Å². The quantitative estimate of drug-likeness (QED) is 0.860. The Balaban J connectivity index is 2.13. The summed E-state index contributed by atoms with van der Waals surface area (Å²) in [5.74, 6) is -0.112. The van der Waals surface area contributed by atoms with Crippen LogP contribution in [0.5, 0.6) is 0 Å². The minimum atomic E-state index is -0.385. The molecule has 2 rings (SSSR count). The normalized spacial score (nSPS) is 14.0. The highest BCUT2D eigenvalue weighted by molar-refractivity contribution is 6.30. The zero-order valence-corrected chi connectivity index (χ0v) is 12.3. The zero-order chi connectivity index (χ0) is 14.5. The van der Waals surface area contributed by atoms with Gasteiger partial charge in [-0.15, -0.1) is 0 Å². The molecule has 0 aliphatic carbocycles. The van der Waals surface area contributed by atoms with Crippen molar-refractivity contribution in [1.29, 1.82) is 0 Å². The molecule has 0 saturated heterocycles. The second kappa shape index (κ2) is 6.87. The van der Waals surface area contributed by atoms with Gasteiger partial charge < -0.3 is 5.73 Å². The topological polar surface area (TPSA) is 26.0 Å². The summed E-state index contributed by atoms with van der Waals surface area (Å²) in [6.07, 6.45) is 1.60. The highest BCUT2D eigenvalue weighted by atomic mass is 35.5. The minimum Gasteiger partial charge on any atom is -0.327 e. The van der Waals surface area contributed by atoms with Gasteiger partial charge in [0.1, 0.15) is 5.82 Å². The third-order valence-electron chi connectivity index (χ3n) is 3.64. The molecule has 0 aliphatic heterocycles. The smallest absolute Gasteiger partial charge is 0.142 e. The van der Waals surface area contributed by atoms with Crippen molar-refractivity contribution < 1.29 is 4.39 Å². The van der Waals surface area contributed by atoms with Crippen LogP contribution in [-0.4, -0.2) is 6.04 Å². The first-order valence-corrected chi connectivity index (χ1v) is 7.24. The monoisotopic (exact) mass is 291 g/mol. The van der Waals surface area contributed by atoms with Gasteiger partial charge in [-0.1, -0.05) is 54.9 Å². The maximum Gasteiger partial charge on any atom is 0.142 e. The summed E-state index contributed by atoms with van der Waals surface area (Å²) < 4.78 is 13.5. The van der Waals surface area contributed by atoms with Crippen molar-refractivity contribution in [3.8, 4) is 0 Å². The molecule has 0 spiro atoms. The van der Waals surface area contributed by atoms with E-state index in [0.29, 0.717) is 6.42 Å². The molecule has 2 atom stereocenters. The van der Waals surface area contributed by atoms with E-state index >= 15 is 0 Å². The van der Waals surface area contributed by atoms with Crippen LogP contribution in [0, 0.1) is 5.82 Å². The first-order chi connectivity index (χ1) is 9.61. The van der Waals surface area contributed by atoms with Crippen molar-refractivity contribution in [2.24, 2.45) is 5.73 Å². The Morgan fingerprint density at radius 3 is 2.45 bits per heavy atom. The molecule has 2 N–H and O–H groups in total.